The van der Waals surface area contributed by atoms with Gasteiger partial charge in [-0.05, 0) is 17.7 Å². The molecule has 0 fully saturated rings. The van der Waals surface area contributed by atoms with E-state index in [-0.39, 0.29) is 5.56 Å². The zero-order valence-electron chi connectivity index (χ0n) is 9.99. The molecule has 9 heteroatoms. The Kier molecular flexibility index (Phi) is 5.36. The number of aliphatic hydroxyl groups is 1. The quantitative estimate of drug-likeness (QED) is 0.390. The lowest BCUT2D eigenvalue weighted by atomic mass is 10.2. The molecule has 0 spiro atoms. The number of benzene rings is 1. The van der Waals surface area contributed by atoms with Crippen LogP contribution in [0.3, 0.4) is 0 Å². The van der Waals surface area contributed by atoms with Gasteiger partial charge in [0.25, 0.3) is 0 Å². The second-order valence-electron chi connectivity index (χ2n) is 3.72. The summed E-state index contributed by atoms with van der Waals surface area (Å²) in [5.41, 5.74) is 8.31. The standard InChI is InChI=1S/C11H10F3N3O3/c12-11(13,14)9(18)8(16-17-15)6-20-10(19)7-4-2-1-3-5-7/h1-5,8-9,18H,6H2/t8-,9-/m0/s1. The lowest BCUT2D eigenvalue weighted by Gasteiger charge is -2.20. The number of nitrogens with zero attached hydrogens (tertiary/aromatic N) is 3. The minimum atomic E-state index is -4.97. The predicted molar refractivity (Wildman–Crippen MR) is 61.7 cm³/mol. The monoisotopic (exact) mass is 289 g/mol. The van der Waals surface area contributed by atoms with E-state index in [9.17, 15) is 18.0 Å². The maximum Gasteiger partial charge on any atom is 0.414 e. The van der Waals surface area contributed by atoms with E-state index in [0.717, 1.165) is 0 Å². The number of hydrogen-bond donors (Lipinski definition) is 1. The summed E-state index contributed by atoms with van der Waals surface area (Å²) in [6.07, 6.45) is -7.88. The van der Waals surface area contributed by atoms with Crippen LogP contribution < -0.4 is 0 Å². The highest BCUT2D eigenvalue weighted by molar-refractivity contribution is 5.89. The number of ether oxygens (including phenoxy) is 1. The highest BCUT2D eigenvalue weighted by Gasteiger charge is 2.43. The number of carbonyl (C=O) groups is 1. The number of esters is 1. The largest absolute Gasteiger partial charge is 0.462 e. The van der Waals surface area contributed by atoms with E-state index in [0.29, 0.717) is 0 Å². The van der Waals surface area contributed by atoms with Crippen molar-refractivity contribution in [3.05, 3.63) is 46.3 Å². The molecule has 0 heterocycles. The number of rotatable bonds is 5. The van der Waals surface area contributed by atoms with Crippen molar-refractivity contribution in [3.63, 3.8) is 0 Å². The molecular weight excluding hydrogens is 279 g/mol. The van der Waals surface area contributed by atoms with E-state index in [1.54, 1.807) is 18.2 Å². The van der Waals surface area contributed by atoms with Gasteiger partial charge >= 0.3 is 12.1 Å². The van der Waals surface area contributed by atoms with E-state index < -0.39 is 30.9 Å². The normalized spacial score (nSPS) is 14.0. The Morgan fingerprint density at radius 3 is 2.50 bits per heavy atom. The van der Waals surface area contributed by atoms with Crippen molar-refractivity contribution < 1.29 is 27.8 Å². The molecular formula is C11H10F3N3O3. The van der Waals surface area contributed by atoms with Gasteiger partial charge in [0, 0.05) is 4.91 Å². The highest BCUT2D eigenvalue weighted by atomic mass is 19.4. The van der Waals surface area contributed by atoms with Crippen molar-refractivity contribution in [3.8, 4) is 0 Å². The molecule has 0 aliphatic rings. The average molecular weight is 289 g/mol. The molecule has 108 valence electrons. The Morgan fingerprint density at radius 2 is 2.00 bits per heavy atom. The summed E-state index contributed by atoms with van der Waals surface area (Å²) < 4.78 is 41.5. The molecule has 0 amide bonds. The van der Waals surface area contributed by atoms with Crippen LogP contribution in [0.1, 0.15) is 10.4 Å². The Balaban J connectivity index is 2.69. The Bertz CT molecular complexity index is 501. The van der Waals surface area contributed by atoms with E-state index in [1.165, 1.54) is 12.1 Å². The maximum absolute atomic E-state index is 12.3. The van der Waals surface area contributed by atoms with Gasteiger partial charge in [0.2, 0.25) is 0 Å². The average Bonchev–Trinajstić information content (AvgIpc) is 2.42. The molecule has 0 radical (unpaired) electrons. The Morgan fingerprint density at radius 1 is 1.40 bits per heavy atom. The van der Waals surface area contributed by atoms with Crippen molar-refractivity contribution >= 4 is 5.97 Å². The fourth-order valence-corrected chi connectivity index (χ4v) is 1.29. The second-order valence-corrected chi connectivity index (χ2v) is 3.72. The number of azide groups is 1. The number of aliphatic hydroxyl groups excluding tert-OH is 1. The van der Waals surface area contributed by atoms with Gasteiger partial charge in [-0.25, -0.2) is 4.79 Å². The molecule has 1 aromatic carbocycles. The van der Waals surface area contributed by atoms with Crippen LogP contribution in [0.2, 0.25) is 0 Å². The van der Waals surface area contributed by atoms with Crippen molar-refractivity contribution in [1.29, 1.82) is 0 Å². The molecule has 0 aromatic heterocycles. The molecule has 1 N–H and O–H groups in total. The van der Waals surface area contributed by atoms with Crippen LogP contribution in [0.5, 0.6) is 0 Å². The van der Waals surface area contributed by atoms with E-state index in [4.69, 9.17) is 10.6 Å². The Hall–Kier alpha value is -2.25. The Labute approximate surface area is 111 Å². The number of halogens is 3. The molecule has 0 saturated carbocycles. The molecule has 0 bridgehead atoms. The molecule has 0 unspecified atom stereocenters. The molecule has 20 heavy (non-hydrogen) atoms. The highest BCUT2D eigenvalue weighted by Crippen LogP contribution is 2.24. The van der Waals surface area contributed by atoms with E-state index in [1.807, 2.05) is 0 Å². The maximum atomic E-state index is 12.3. The number of hydrogen-bond acceptors (Lipinski definition) is 4. The minimum absolute atomic E-state index is 0.133. The van der Waals surface area contributed by atoms with Crippen LogP contribution >= 0.6 is 0 Å². The first-order valence-electron chi connectivity index (χ1n) is 5.37. The SMILES string of the molecule is [N-]=[N+]=N[C@@H](COC(=O)c1ccccc1)[C@H](O)C(F)(F)F. The van der Waals surface area contributed by atoms with Gasteiger partial charge in [0.1, 0.15) is 12.6 Å². The van der Waals surface area contributed by atoms with Crippen LogP contribution in [0.15, 0.2) is 35.4 Å². The summed E-state index contributed by atoms with van der Waals surface area (Å²) in [4.78, 5) is 13.7. The molecule has 2 atom stereocenters. The van der Waals surface area contributed by atoms with Gasteiger partial charge in [0.05, 0.1) is 5.56 Å². The third-order valence-electron chi connectivity index (χ3n) is 2.29. The number of carbonyl (C=O) groups excluding carboxylic acids is 1. The van der Waals surface area contributed by atoms with Crippen LogP contribution in [0.25, 0.3) is 10.4 Å². The molecule has 1 aromatic rings. The minimum Gasteiger partial charge on any atom is -0.462 e. The number of alkyl halides is 3. The smallest absolute Gasteiger partial charge is 0.414 e. The molecule has 6 nitrogen and oxygen atoms in total. The predicted octanol–water partition coefficient (Wildman–Crippen LogP) is 2.45. The fourth-order valence-electron chi connectivity index (χ4n) is 1.29. The fraction of sp³-hybridized carbons (Fsp3) is 0.364. The molecule has 0 aliphatic heterocycles. The van der Waals surface area contributed by atoms with Gasteiger partial charge in [-0.3, -0.25) is 0 Å². The van der Waals surface area contributed by atoms with Crippen molar-refractivity contribution in [2.24, 2.45) is 5.11 Å². The van der Waals surface area contributed by atoms with Crippen LogP contribution in [0.4, 0.5) is 13.2 Å². The van der Waals surface area contributed by atoms with Crippen LogP contribution in [-0.4, -0.2) is 36.0 Å². The zero-order valence-corrected chi connectivity index (χ0v) is 9.99. The summed E-state index contributed by atoms with van der Waals surface area (Å²) >= 11 is 0. The lowest BCUT2D eigenvalue weighted by Crippen LogP contribution is -2.41. The van der Waals surface area contributed by atoms with Crippen LogP contribution in [0, 0.1) is 0 Å². The van der Waals surface area contributed by atoms with Gasteiger partial charge in [0.15, 0.2) is 6.10 Å². The van der Waals surface area contributed by atoms with Crippen molar-refractivity contribution in [2.45, 2.75) is 18.3 Å². The lowest BCUT2D eigenvalue weighted by molar-refractivity contribution is -0.211. The third-order valence-corrected chi connectivity index (χ3v) is 2.29. The summed E-state index contributed by atoms with van der Waals surface area (Å²) in [6.45, 7) is -0.877. The summed E-state index contributed by atoms with van der Waals surface area (Å²) in [7, 11) is 0. The summed E-state index contributed by atoms with van der Waals surface area (Å²) in [5.74, 6) is -0.877. The van der Waals surface area contributed by atoms with E-state index >= 15 is 0 Å². The zero-order chi connectivity index (χ0) is 15.2. The van der Waals surface area contributed by atoms with Gasteiger partial charge in [-0.15, -0.1) is 0 Å². The van der Waals surface area contributed by atoms with E-state index in [2.05, 4.69) is 14.8 Å². The molecule has 1 rings (SSSR count). The summed E-state index contributed by atoms with van der Waals surface area (Å²) in [5, 5.41) is 11.8. The van der Waals surface area contributed by atoms with Gasteiger partial charge in [-0.1, -0.05) is 23.3 Å². The second kappa shape index (κ2) is 6.78. The summed E-state index contributed by atoms with van der Waals surface area (Å²) in [6, 6.07) is 5.62. The third kappa shape index (κ3) is 4.45. The first kappa shape index (κ1) is 15.8. The molecule has 0 saturated heterocycles. The van der Waals surface area contributed by atoms with Crippen molar-refractivity contribution in [1.82, 2.24) is 0 Å². The molecule has 0 aliphatic carbocycles. The van der Waals surface area contributed by atoms with Gasteiger partial charge < -0.3 is 9.84 Å². The first-order valence-corrected chi connectivity index (χ1v) is 5.37. The van der Waals surface area contributed by atoms with Crippen LogP contribution in [-0.2, 0) is 4.74 Å². The first-order chi connectivity index (χ1) is 9.36. The topological polar surface area (TPSA) is 95.3 Å². The van der Waals surface area contributed by atoms with Gasteiger partial charge in [-0.2, -0.15) is 13.2 Å². The van der Waals surface area contributed by atoms with Crippen molar-refractivity contribution in [2.75, 3.05) is 6.61 Å².